The van der Waals surface area contributed by atoms with Crippen LogP contribution in [0.1, 0.15) is 45.8 Å². The summed E-state index contributed by atoms with van der Waals surface area (Å²) in [6.07, 6.45) is 3.64. The molecule has 2 atom stereocenters. The zero-order valence-corrected chi connectivity index (χ0v) is 13.6. The quantitative estimate of drug-likeness (QED) is 0.933. The Morgan fingerprint density at radius 2 is 1.79 bits per heavy atom. The molecule has 0 unspecified atom stereocenters. The van der Waals surface area contributed by atoms with Gasteiger partial charge in [-0.15, -0.1) is 0 Å². The molecule has 0 bridgehead atoms. The van der Waals surface area contributed by atoms with Crippen molar-refractivity contribution in [1.82, 2.24) is 14.9 Å². The number of nitrogens with two attached hydrogens (primary N) is 1. The molecule has 24 heavy (non-hydrogen) atoms. The maximum absolute atomic E-state index is 12.7. The van der Waals surface area contributed by atoms with Gasteiger partial charge >= 0.3 is 0 Å². The minimum absolute atomic E-state index is 0.0374. The van der Waals surface area contributed by atoms with Gasteiger partial charge in [0.05, 0.1) is 0 Å². The molecule has 0 radical (unpaired) electrons. The average molecular weight is 324 g/mol. The highest BCUT2D eigenvalue weighted by Gasteiger charge is 2.32. The fourth-order valence-corrected chi connectivity index (χ4v) is 3.35. The molecule has 2 aromatic rings. The van der Waals surface area contributed by atoms with Crippen LogP contribution >= 0.6 is 0 Å². The summed E-state index contributed by atoms with van der Waals surface area (Å²) in [4.78, 5) is 33.8. The van der Waals surface area contributed by atoms with Crippen LogP contribution in [0.15, 0.2) is 42.7 Å². The van der Waals surface area contributed by atoms with E-state index in [1.807, 2.05) is 18.2 Å². The van der Waals surface area contributed by atoms with Crippen LogP contribution in [0.25, 0.3) is 0 Å². The van der Waals surface area contributed by atoms with Crippen LogP contribution in [-0.4, -0.2) is 39.8 Å². The Morgan fingerprint density at radius 1 is 1.12 bits per heavy atom. The van der Waals surface area contributed by atoms with Gasteiger partial charge in [0.25, 0.3) is 11.8 Å². The molecule has 0 aliphatic carbocycles. The second kappa shape index (κ2) is 6.78. The van der Waals surface area contributed by atoms with Gasteiger partial charge in [-0.1, -0.05) is 37.3 Å². The van der Waals surface area contributed by atoms with Gasteiger partial charge in [0.1, 0.15) is 0 Å². The first-order chi connectivity index (χ1) is 11.6. The van der Waals surface area contributed by atoms with Crippen molar-refractivity contribution in [3.8, 4) is 0 Å². The summed E-state index contributed by atoms with van der Waals surface area (Å²) in [5.74, 6) is -0.277. The van der Waals surface area contributed by atoms with Crippen molar-refractivity contribution in [1.29, 1.82) is 0 Å². The number of piperidine rings is 1. The van der Waals surface area contributed by atoms with E-state index in [9.17, 15) is 9.59 Å². The molecule has 1 aromatic carbocycles. The standard InChI is InChI=1S/C18H20N4O2/c1-12-11-22(10-7-14(12)13-5-3-2-4-6-13)18(24)16-15(17(19)23)20-8-9-21-16/h2-6,8-9,12,14H,7,10-11H2,1H3,(H2,19,23)/t12-,14+/m1/s1. The van der Waals surface area contributed by atoms with Crippen molar-refractivity contribution in [2.75, 3.05) is 13.1 Å². The topological polar surface area (TPSA) is 89.2 Å². The summed E-state index contributed by atoms with van der Waals surface area (Å²) in [7, 11) is 0. The minimum atomic E-state index is -0.737. The highest BCUT2D eigenvalue weighted by molar-refractivity contribution is 6.03. The van der Waals surface area contributed by atoms with E-state index < -0.39 is 5.91 Å². The SMILES string of the molecule is C[C@@H]1CN(C(=O)c2nccnc2C(N)=O)CC[C@@H]1c1ccccc1. The van der Waals surface area contributed by atoms with Crippen LogP contribution in [0.3, 0.4) is 0 Å². The number of hydrogen-bond donors (Lipinski definition) is 1. The number of benzene rings is 1. The molecule has 1 aliphatic heterocycles. The molecule has 6 nitrogen and oxygen atoms in total. The Bertz CT molecular complexity index is 748. The van der Waals surface area contributed by atoms with Gasteiger partial charge in [-0.05, 0) is 23.8 Å². The lowest BCUT2D eigenvalue weighted by atomic mass is 9.81. The maximum atomic E-state index is 12.7. The molecular weight excluding hydrogens is 304 g/mol. The van der Waals surface area contributed by atoms with Crippen molar-refractivity contribution in [2.24, 2.45) is 11.7 Å². The van der Waals surface area contributed by atoms with E-state index in [1.165, 1.54) is 18.0 Å². The number of likely N-dealkylation sites (tertiary alicyclic amines) is 1. The molecule has 124 valence electrons. The highest BCUT2D eigenvalue weighted by atomic mass is 16.2. The van der Waals surface area contributed by atoms with Gasteiger partial charge in [0.15, 0.2) is 11.4 Å². The molecule has 2 amide bonds. The average Bonchev–Trinajstić information content (AvgIpc) is 2.61. The molecule has 3 rings (SSSR count). The van der Waals surface area contributed by atoms with E-state index in [4.69, 9.17) is 5.73 Å². The molecular formula is C18H20N4O2. The monoisotopic (exact) mass is 324 g/mol. The van der Waals surface area contributed by atoms with E-state index in [-0.39, 0.29) is 17.3 Å². The number of rotatable bonds is 3. The fourth-order valence-electron chi connectivity index (χ4n) is 3.35. The number of carbonyl (C=O) groups is 2. The smallest absolute Gasteiger partial charge is 0.274 e. The molecule has 1 aliphatic rings. The predicted molar refractivity (Wildman–Crippen MR) is 89.4 cm³/mol. The molecule has 2 heterocycles. The summed E-state index contributed by atoms with van der Waals surface area (Å²) in [5, 5.41) is 0. The molecule has 1 aromatic heterocycles. The van der Waals surface area contributed by atoms with Crippen LogP contribution in [0, 0.1) is 5.92 Å². The first-order valence-electron chi connectivity index (χ1n) is 8.03. The first-order valence-corrected chi connectivity index (χ1v) is 8.03. The molecule has 0 saturated carbocycles. The first kappa shape index (κ1) is 16.1. The van der Waals surface area contributed by atoms with Crippen LogP contribution in [0.5, 0.6) is 0 Å². The zero-order valence-electron chi connectivity index (χ0n) is 13.6. The van der Waals surface area contributed by atoms with Crippen LogP contribution in [0.2, 0.25) is 0 Å². The van der Waals surface area contributed by atoms with Gasteiger partial charge < -0.3 is 10.6 Å². The van der Waals surface area contributed by atoms with Gasteiger partial charge in [-0.3, -0.25) is 9.59 Å². The summed E-state index contributed by atoms with van der Waals surface area (Å²) >= 11 is 0. The number of aromatic nitrogens is 2. The van der Waals surface area contributed by atoms with Gasteiger partial charge in [0.2, 0.25) is 0 Å². The normalized spacial score (nSPS) is 20.6. The number of hydrogen-bond acceptors (Lipinski definition) is 4. The van der Waals surface area contributed by atoms with Crippen molar-refractivity contribution in [2.45, 2.75) is 19.3 Å². The van der Waals surface area contributed by atoms with E-state index in [0.717, 1.165) is 6.42 Å². The Morgan fingerprint density at radius 3 is 2.42 bits per heavy atom. The molecule has 2 N–H and O–H groups in total. The van der Waals surface area contributed by atoms with Crippen molar-refractivity contribution in [3.63, 3.8) is 0 Å². The maximum Gasteiger partial charge on any atom is 0.274 e. The minimum Gasteiger partial charge on any atom is -0.364 e. The van der Waals surface area contributed by atoms with Crippen LogP contribution in [0.4, 0.5) is 0 Å². The second-order valence-corrected chi connectivity index (χ2v) is 6.15. The predicted octanol–water partition coefficient (Wildman–Crippen LogP) is 1.84. The zero-order chi connectivity index (χ0) is 17.1. The van der Waals surface area contributed by atoms with E-state index in [2.05, 4.69) is 29.0 Å². The summed E-state index contributed by atoms with van der Waals surface area (Å²) < 4.78 is 0. The number of carbonyl (C=O) groups excluding carboxylic acids is 2. The Kier molecular flexibility index (Phi) is 4.55. The van der Waals surface area contributed by atoms with Gasteiger partial charge in [-0.25, -0.2) is 9.97 Å². The van der Waals surface area contributed by atoms with Gasteiger partial charge in [-0.2, -0.15) is 0 Å². The summed E-state index contributed by atoms with van der Waals surface area (Å²) in [6, 6.07) is 10.3. The third-order valence-electron chi connectivity index (χ3n) is 4.55. The lowest BCUT2D eigenvalue weighted by Crippen LogP contribution is -2.43. The third-order valence-corrected chi connectivity index (χ3v) is 4.55. The Hall–Kier alpha value is -2.76. The summed E-state index contributed by atoms with van der Waals surface area (Å²) in [5.41, 5.74) is 6.56. The highest BCUT2D eigenvalue weighted by Crippen LogP contribution is 2.33. The Labute approximate surface area is 140 Å². The number of nitrogens with zero attached hydrogens (tertiary/aromatic N) is 3. The Balaban J connectivity index is 1.77. The van der Waals surface area contributed by atoms with Crippen LogP contribution in [-0.2, 0) is 0 Å². The van der Waals surface area contributed by atoms with Crippen molar-refractivity contribution < 1.29 is 9.59 Å². The number of primary amides is 1. The molecule has 1 fully saturated rings. The molecule has 1 saturated heterocycles. The van der Waals surface area contributed by atoms with Crippen molar-refractivity contribution >= 4 is 11.8 Å². The molecule has 0 spiro atoms. The number of amides is 2. The lowest BCUT2D eigenvalue weighted by molar-refractivity contribution is 0.0650. The van der Waals surface area contributed by atoms with E-state index in [0.29, 0.717) is 24.9 Å². The second-order valence-electron chi connectivity index (χ2n) is 6.15. The third kappa shape index (κ3) is 3.13. The van der Waals surface area contributed by atoms with E-state index in [1.54, 1.807) is 4.90 Å². The summed E-state index contributed by atoms with van der Waals surface area (Å²) in [6.45, 7) is 3.38. The van der Waals surface area contributed by atoms with E-state index >= 15 is 0 Å². The van der Waals surface area contributed by atoms with Gasteiger partial charge in [0, 0.05) is 25.5 Å². The molecule has 6 heteroatoms. The van der Waals surface area contributed by atoms with Crippen molar-refractivity contribution in [3.05, 3.63) is 59.7 Å². The lowest BCUT2D eigenvalue weighted by Gasteiger charge is -2.37. The largest absolute Gasteiger partial charge is 0.364 e. The fraction of sp³-hybridized carbons (Fsp3) is 0.333. The van der Waals surface area contributed by atoms with Crippen LogP contribution < -0.4 is 5.73 Å².